The van der Waals surface area contributed by atoms with Crippen molar-refractivity contribution < 1.29 is 19.4 Å². The summed E-state index contributed by atoms with van der Waals surface area (Å²) in [6.07, 6.45) is 4.89. The third-order valence-electron chi connectivity index (χ3n) is 6.26. The number of nitrogens with one attached hydrogen (secondary N) is 2. The summed E-state index contributed by atoms with van der Waals surface area (Å²) < 4.78 is 14.3. The number of β-amino-alcohol motifs (C(OH)–C–C–N with tert-alkyl or cyclic N) is 1. The normalized spacial score (nSPS) is 17.5. The minimum atomic E-state index is -0.777. The summed E-state index contributed by atoms with van der Waals surface area (Å²) in [6.45, 7) is 3.24. The minimum Gasteiger partial charge on any atom is -0.508 e. The number of rotatable bonds is 7. The number of halogens is 1. The SMILES string of the molecule is Cc1c(O)cc(F)c2c1CCN(C[C@H](O)CNC(=O)c1ccnc(NC3CCC3)c1)C2. The maximum atomic E-state index is 14.3. The molecule has 1 atom stereocenters. The van der Waals surface area contributed by atoms with Crippen molar-refractivity contribution in [3.8, 4) is 5.75 Å². The first kappa shape index (κ1) is 21.5. The predicted molar refractivity (Wildman–Crippen MR) is 116 cm³/mol. The number of nitrogens with zero attached hydrogens (tertiary/aromatic N) is 2. The molecule has 31 heavy (non-hydrogen) atoms. The van der Waals surface area contributed by atoms with Gasteiger partial charge in [0.05, 0.1) is 6.10 Å². The first-order chi connectivity index (χ1) is 14.9. The number of aromatic nitrogens is 1. The molecule has 1 fully saturated rings. The van der Waals surface area contributed by atoms with Gasteiger partial charge in [-0.25, -0.2) is 9.37 Å². The van der Waals surface area contributed by atoms with Crippen LogP contribution in [0.1, 0.15) is 46.3 Å². The molecule has 7 nitrogen and oxygen atoms in total. The largest absolute Gasteiger partial charge is 0.508 e. The molecule has 2 aliphatic rings. The van der Waals surface area contributed by atoms with E-state index in [9.17, 15) is 19.4 Å². The number of carbonyl (C=O) groups excluding carboxylic acids is 1. The van der Waals surface area contributed by atoms with Crippen molar-refractivity contribution in [2.45, 2.75) is 51.3 Å². The molecular formula is C23H29FN4O3. The van der Waals surface area contributed by atoms with Gasteiger partial charge in [0.15, 0.2) is 0 Å². The quantitative estimate of drug-likeness (QED) is 0.541. The van der Waals surface area contributed by atoms with Crippen LogP contribution in [-0.4, -0.2) is 57.8 Å². The molecule has 1 aliphatic heterocycles. The lowest BCUT2D eigenvalue weighted by Crippen LogP contribution is -2.42. The molecule has 8 heteroatoms. The molecule has 2 heterocycles. The number of benzene rings is 1. The summed E-state index contributed by atoms with van der Waals surface area (Å²) in [5.41, 5.74) is 2.63. The van der Waals surface area contributed by atoms with Gasteiger partial charge in [0, 0.05) is 55.6 Å². The highest BCUT2D eigenvalue weighted by Crippen LogP contribution is 2.31. The lowest BCUT2D eigenvalue weighted by molar-refractivity contribution is 0.0839. The Balaban J connectivity index is 1.29. The van der Waals surface area contributed by atoms with Crippen molar-refractivity contribution in [3.63, 3.8) is 0 Å². The van der Waals surface area contributed by atoms with E-state index in [2.05, 4.69) is 15.6 Å². The van der Waals surface area contributed by atoms with Gasteiger partial charge >= 0.3 is 0 Å². The molecule has 0 unspecified atom stereocenters. The van der Waals surface area contributed by atoms with E-state index in [1.807, 2.05) is 4.90 Å². The Morgan fingerprint density at radius 2 is 2.16 bits per heavy atom. The molecule has 0 bridgehead atoms. The number of anilines is 1. The van der Waals surface area contributed by atoms with E-state index in [0.29, 0.717) is 54.6 Å². The molecule has 166 valence electrons. The van der Waals surface area contributed by atoms with Crippen LogP contribution in [0, 0.1) is 12.7 Å². The van der Waals surface area contributed by atoms with Crippen molar-refractivity contribution in [1.29, 1.82) is 0 Å². The number of pyridine rings is 1. The van der Waals surface area contributed by atoms with Crippen molar-refractivity contribution in [1.82, 2.24) is 15.2 Å². The monoisotopic (exact) mass is 428 g/mol. The van der Waals surface area contributed by atoms with Crippen molar-refractivity contribution in [2.24, 2.45) is 0 Å². The lowest BCUT2D eigenvalue weighted by atomic mass is 9.93. The first-order valence-electron chi connectivity index (χ1n) is 10.8. The second kappa shape index (κ2) is 9.20. The van der Waals surface area contributed by atoms with Gasteiger partial charge in [0.2, 0.25) is 0 Å². The molecule has 0 spiro atoms. The van der Waals surface area contributed by atoms with Crippen LogP contribution in [0.2, 0.25) is 0 Å². The van der Waals surface area contributed by atoms with E-state index in [1.165, 1.54) is 6.42 Å². The summed E-state index contributed by atoms with van der Waals surface area (Å²) in [7, 11) is 0. The zero-order valence-corrected chi connectivity index (χ0v) is 17.7. The van der Waals surface area contributed by atoms with E-state index in [0.717, 1.165) is 24.5 Å². The summed E-state index contributed by atoms with van der Waals surface area (Å²) in [6, 6.07) is 4.95. The van der Waals surface area contributed by atoms with Crippen LogP contribution in [-0.2, 0) is 13.0 Å². The Kier molecular flexibility index (Phi) is 6.38. The fourth-order valence-corrected chi connectivity index (χ4v) is 4.17. The van der Waals surface area contributed by atoms with Gasteiger partial charge in [-0.15, -0.1) is 0 Å². The molecule has 1 aromatic heterocycles. The van der Waals surface area contributed by atoms with E-state index in [1.54, 1.807) is 25.3 Å². The van der Waals surface area contributed by atoms with Crippen LogP contribution in [0.25, 0.3) is 0 Å². The molecule has 0 saturated heterocycles. The molecule has 1 aliphatic carbocycles. The van der Waals surface area contributed by atoms with Crippen LogP contribution in [0.3, 0.4) is 0 Å². The lowest BCUT2D eigenvalue weighted by Gasteiger charge is -2.31. The average molecular weight is 429 g/mol. The fourth-order valence-electron chi connectivity index (χ4n) is 4.17. The van der Waals surface area contributed by atoms with E-state index >= 15 is 0 Å². The second-order valence-corrected chi connectivity index (χ2v) is 8.51. The van der Waals surface area contributed by atoms with Gasteiger partial charge in [-0.2, -0.15) is 0 Å². The number of carbonyl (C=O) groups is 1. The Bertz CT molecular complexity index is 964. The zero-order valence-electron chi connectivity index (χ0n) is 17.7. The Morgan fingerprint density at radius 1 is 1.35 bits per heavy atom. The Morgan fingerprint density at radius 3 is 2.90 bits per heavy atom. The molecule has 0 radical (unpaired) electrons. The number of aliphatic hydroxyl groups is 1. The number of hydrogen-bond acceptors (Lipinski definition) is 6. The van der Waals surface area contributed by atoms with E-state index < -0.39 is 11.9 Å². The van der Waals surface area contributed by atoms with Gasteiger partial charge in [-0.1, -0.05) is 0 Å². The smallest absolute Gasteiger partial charge is 0.251 e. The number of hydrogen-bond donors (Lipinski definition) is 4. The number of phenols is 1. The Labute approximate surface area is 181 Å². The van der Waals surface area contributed by atoms with Crippen LogP contribution >= 0.6 is 0 Å². The molecule has 1 saturated carbocycles. The second-order valence-electron chi connectivity index (χ2n) is 8.51. The summed E-state index contributed by atoms with van der Waals surface area (Å²) in [4.78, 5) is 18.7. The molecular weight excluding hydrogens is 399 g/mol. The topological polar surface area (TPSA) is 97.7 Å². The maximum Gasteiger partial charge on any atom is 0.251 e. The van der Waals surface area contributed by atoms with Crippen LogP contribution in [0.5, 0.6) is 5.75 Å². The maximum absolute atomic E-state index is 14.3. The minimum absolute atomic E-state index is 0.0189. The highest BCUT2D eigenvalue weighted by molar-refractivity contribution is 5.94. The van der Waals surface area contributed by atoms with Crippen LogP contribution in [0.4, 0.5) is 10.2 Å². The van der Waals surface area contributed by atoms with Crippen LogP contribution in [0.15, 0.2) is 24.4 Å². The number of amides is 1. The third-order valence-corrected chi connectivity index (χ3v) is 6.26. The van der Waals surface area contributed by atoms with E-state index in [4.69, 9.17) is 0 Å². The molecule has 1 aromatic carbocycles. The van der Waals surface area contributed by atoms with Gasteiger partial charge in [-0.05, 0) is 55.9 Å². The van der Waals surface area contributed by atoms with E-state index in [-0.39, 0.29) is 18.2 Å². The van der Waals surface area contributed by atoms with Crippen molar-refractivity contribution in [3.05, 3.63) is 52.5 Å². The third kappa shape index (κ3) is 4.97. The Hall–Kier alpha value is -2.71. The van der Waals surface area contributed by atoms with Gasteiger partial charge in [-0.3, -0.25) is 9.69 Å². The predicted octanol–water partition coefficient (Wildman–Crippen LogP) is 2.35. The van der Waals surface area contributed by atoms with Gasteiger partial charge in [0.25, 0.3) is 5.91 Å². The average Bonchev–Trinajstić information content (AvgIpc) is 2.73. The first-order valence-corrected chi connectivity index (χ1v) is 10.8. The standard InChI is InChI=1S/C23H29FN4O3/c1-14-18-6-8-28(13-19(18)20(24)10-21(14)30)12-17(29)11-26-23(31)15-5-7-25-22(9-15)27-16-3-2-4-16/h5,7,9-10,16-17,29-30H,2-4,6,8,11-13H2,1H3,(H,25,27)(H,26,31)/t17-/m1/s1. The number of aromatic hydroxyl groups is 1. The molecule has 4 N–H and O–H groups in total. The van der Waals surface area contributed by atoms with Gasteiger partial charge in [0.1, 0.15) is 17.4 Å². The van der Waals surface area contributed by atoms with Crippen molar-refractivity contribution in [2.75, 3.05) is 25.0 Å². The molecule has 4 rings (SSSR count). The number of phenolic OH excluding ortho intramolecular Hbond substituents is 1. The highest BCUT2D eigenvalue weighted by atomic mass is 19.1. The van der Waals surface area contributed by atoms with Crippen molar-refractivity contribution >= 4 is 11.7 Å². The summed E-state index contributed by atoms with van der Waals surface area (Å²) >= 11 is 0. The zero-order chi connectivity index (χ0) is 22.0. The fraction of sp³-hybridized carbons (Fsp3) is 0.478. The van der Waals surface area contributed by atoms with Gasteiger partial charge < -0.3 is 20.8 Å². The number of aliphatic hydroxyl groups excluding tert-OH is 1. The summed E-state index contributed by atoms with van der Waals surface area (Å²) in [5, 5.41) is 26.3. The molecule has 2 aromatic rings. The number of fused-ring (bicyclic) bond motifs is 1. The molecule has 1 amide bonds. The highest BCUT2D eigenvalue weighted by Gasteiger charge is 2.24. The van der Waals surface area contributed by atoms with Crippen LogP contribution < -0.4 is 10.6 Å². The summed E-state index contributed by atoms with van der Waals surface area (Å²) in [5.74, 6) is -0.0170.